The van der Waals surface area contributed by atoms with Gasteiger partial charge in [0.05, 0.1) is 0 Å². The number of benzene rings is 6. The zero-order valence-corrected chi connectivity index (χ0v) is 48.2. The van der Waals surface area contributed by atoms with Crippen LogP contribution in [0.2, 0.25) is 0 Å². The molecule has 3 aromatic heterocycles. The zero-order chi connectivity index (χ0) is 49.7. The number of rotatable bonds is 6. The maximum Gasteiger partial charge on any atom is 0 e. The van der Waals surface area contributed by atoms with Crippen molar-refractivity contribution < 1.29 is 26.2 Å². The van der Waals surface area contributed by atoms with Crippen LogP contribution in [0.4, 0.5) is 0 Å². The third kappa shape index (κ3) is 9.68. The van der Waals surface area contributed by atoms with Gasteiger partial charge in [0, 0.05) is 21.1 Å². The van der Waals surface area contributed by atoms with E-state index < -0.39 is 0 Å². The predicted molar refractivity (Wildman–Crippen MR) is 296 cm³/mol. The first-order chi connectivity index (χ1) is 32.2. The van der Waals surface area contributed by atoms with Gasteiger partial charge in [0.1, 0.15) is 0 Å². The van der Waals surface area contributed by atoms with E-state index >= 15 is 0 Å². The molecule has 0 amide bonds. The van der Waals surface area contributed by atoms with Gasteiger partial charge in [-0.05, 0) is 21.8 Å². The Labute approximate surface area is 438 Å². The van der Waals surface area contributed by atoms with Gasteiger partial charge in [-0.25, -0.2) is 0 Å². The van der Waals surface area contributed by atoms with Crippen molar-refractivity contribution in [1.29, 1.82) is 0 Å². The Morgan fingerprint density at radius 1 is 0.586 bits per heavy atom. The van der Waals surface area contributed by atoms with Crippen LogP contribution in [0, 0.1) is 18.4 Å². The standard InChI is InChI=1S/C64H70N3OSe.Pt/c1-38-40(37-60(2,3)4)25-27-47-48-29-30-65-54(58(48)69-57(38)47)42-31-41(32-44(33-42)62(8,9)10)46-23-20-24-53-55(46)66-59(50-35-45(63(11,12)13)36-51(56(50)68)64(14,15)16)67(53)52-28-26-43(61(5,6)7)34-49(52)39-21-18-17-19-22-39;/h17-30,32-36,68H,37H2,1-16H3;/q-1;. The second kappa shape index (κ2) is 18.2. The molecule has 3 heterocycles. The second-order valence-electron chi connectivity index (χ2n) is 24.8. The van der Waals surface area contributed by atoms with E-state index in [1.807, 2.05) is 6.20 Å². The van der Waals surface area contributed by atoms with Crippen molar-refractivity contribution >= 4 is 44.8 Å². The Morgan fingerprint density at radius 2 is 1.21 bits per heavy atom. The number of hydrogen-bond acceptors (Lipinski definition) is 3. The van der Waals surface area contributed by atoms with Crippen LogP contribution in [0.15, 0.2) is 115 Å². The number of phenols is 1. The van der Waals surface area contributed by atoms with Crippen LogP contribution in [-0.2, 0) is 49.1 Å². The first kappa shape index (κ1) is 51.3. The van der Waals surface area contributed by atoms with Crippen molar-refractivity contribution in [2.45, 2.75) is 139 Å². The summed E-state index contributed by atoms with van der Waals surface area (Å²) in [5.74, 6) is 0.959. The minimum atomic E-state index is -0.327. The molecule has 0 aliphatic heterocycles. The summed E-state index contributed by atoms with van der Waals surface area (Å²) in [7, 11) is 0. The molecule has 9 rings (SSSR count). The van der Waals surface area contributed by atoms with Crippen LogP contribution in [0.25, 0.3) is 80.9 Å². The summed E-state index contributed by atoms with van der Waals surface area (Å²) >= 11 is 0.0835. The number of imidazole rings is 1. The molecule has 0 aliphatic rings. The van der Waals surface area contributed by atoms with Crippen molar-refractivity contribution in [1.82, 2.24) is 14.5 Å². The van der Waals surface area contributed by atoms with E-state index in [1.165, 1.54) is 41.5 Å². The minimum absolute atomic E-state index is 0. The van der Waals surface area contributed by atoms with Crippen molar-refractivity contribution in [3.05, 3.63) is 155 Å². The molecule has 6 aromatic carbocycles. The van der Waals surface area contributed by atoms with Gasteiger partial charge in [-0.1, -0.05) is 98.7 Å². The first-order valence-electron chi connectivity index (χ1n) is 24.7. The van der Waals surface area contributed by atoms with Crippen LogP contribution in [0.5, 0.6) is 5.75 Å². The van der Waals surface area contributed by atoms with Gasteiger partial charge in [-0.2, -0.15) is 0 Å². The molecule has 0 aliphatic carbocycles. The Hall–Kier alpha value is -5.05. The van der Waals surface area contributed by atoms with Gasteiger partial charge < -0.3 is 0 Å². The van der Waals surface area contributed by atoms with Gasteiger partial charge in [0.25, 0.3) is 0 Å². The Bertz CT molecular complexity index is 3450. The van der Waals surface area contributed by atoms with Gasteiger partial charge in [0.15, 0.2) is 0 Å². The van der Waals surface area contributed by atoms with E-state index in [9.17, 15) is 5.11 Å². The smallest absolute Gasteiger partial charge is 0 e. The number of nitrogens with zero attached hydrogens (tertiary/aromatic N) is 3. The Balaban J connectivity index is 0.00000659. The molecule has 0 spiro atoms. The topological polar surface area (TPSA) is 50.9 Å². The minimum Gasteiger partial charge on any atom is 0 e. The zero-order valence-electron chi connectivity index (χ0n) is 44.2. The average Bonchev–Trinajstić information content (AvgIpc) is 3.85. The normalized spacial score (nSPS) is 12.9. The third-order valence-corrected chi connectivity index (χ3v) is 16.6. The molecule has 9 aromatic rings. The predicted octanol–water partition coefficient (Wildman–Crippen LogP) is 17.0. The fourth-order valence-corrected chi connectivity index (χ4v) is 12.5. The summed E-state index contributed by atoms with van der Waals surface area (Å²) in [5.41, 5.74) is 16.5. The number of para-hydroxylation sites is 1. The average molecular weight is 1170 g/mol. The summed E-state index contributed by atoms with van der Waals surface area (Å²) in [6.45, 7) is 36.2. The fourth-order valence-electron chi connectivity index (χ4n) is 9.77. The molecular formula is C64H70N3OPtSe-. The summed E-state index contributed by atoms with van der Waals surface area (Å²) in [6.07, 6.45) is 3.04. The van der Waals surface area contributed by atoms with Crippen molar-refractivity contribution in [2.24, 2.45) is 5.41 Å². The summed E-state index contributed by atoms with van der Waals surface area (Å²) in [4.78, 5) is 10.9. The molecule has 70 heavy (non-hydrogen) atoms. The van der Waals surface area contributed by atoms with Gasteiger partial charge in [-0.3, -0.25) is 0 Å². The molecule has 0 unspecified atom stereocenters. The Kier molecular flexibility index (Phi) is 13.4. The van der Waals surface area contributed by atoms with Gasteiger partial charge >= 0.3 is 299 Å². The van der Waals surface area contributed by atoms with Crippen LogP contribution in [-0.4, -0.2) is 34.1 Å². The van der Waals surface area contributed by atoms with E-state index in [4.69, 9.17) is 9.97 Å². The summed E-state index contributed by atoms with van der Waals surface area (Å²) < 4.78 is 5.10. The van der Waals surface area contributed by atoms with Crippen LogP contribution in [0.3, 0.4) is 0 Å². The van der Waals surface area contributed by atoms with Gasteiger partial charge in [0.2, 0.25) is 0 Å². The summed E-state index contributed by atoms with van der Waals surface area (Å²) in [5, 5.41) is 15.3. The van der Waals surface area contributed by atoms with E-state index in [2.05, 4.69) is 231 Å². The fraction of sp³-hybridized carbons (Fsp3) is 0.344. The number of aryl methyl sites for hydroxylation is 1. The van der Waals surface area contributed by atoms with Crippen LogP contribution in [0.1, 0.15) is 137 Å². The second-order valence-corrected chi connectivity index (χ2v) is 26.9. The van der Waals surface area contributed by atoms with E-state index in [0.717, 1.165) is 67.8 Å². The molecule has 0 radical (unpaired) electrons. The molecule has 0 saturated carbocycles. The maximum atomic E-state index is 12.6. The summed E-state index contributed by atoms with van der Waals surface area (Å²) in [6, 6.07) is 44.0. The molecule has 4 nitrogen and oxygen atoms in total. The van der Waals surface area contributed by atoms with Crippen molar-refractivity contribution in [2.75, 3.05) is 0 Å². The number of fused-ring (bicyclic) bond motifs is 4. The van der Waals surface area contributed by atoms with E-state index in [1.54, 1.807) is 0 Å². The molecule has 6 heteroatoms. The molecule has 0 bridgehead atoms. The van der Waals surface area contributed by atoms with E-state index in [-0.39, 0.29) is 68.4 Å². The molecule has 0 atom stereocenters. The number of aromatic nitrogens is 3. The first-order valence-corrected chi connectivity index (χ1v) is 26.4. The molecule has 0 saturated heterocycles. The van der Waals surface area contributed by atoms with Crippen molar-refractivity contribution in [3.63, 3.8) is 0 Å². The molecular weight excluding hydrogens is 1100 g/mol. The van der Waals surface area contributed by atoms with Crippen LogP contribution < -0.4 is 0 Å². The number of aromatic hydroxyl groups is 1. The number of pyridine rings is 1. The van der Waals surface area contributed by atoms with Gasteiger partial charge in [-0.15, -0.1) is 0 Å². The largest absolute Gasteiger partial charge is 0 e. The number of hydrogen-bond donors (Lipinski definition) is 1. The maximum absolute atomic E-state index is 12.6. The molecule has 0 fully saturated rings. The van der Waals surface area contributed by atoms with E-state index in [0.29, 0.717) is 11.4 Å². The van der Waals surface area contributed by atoms with Crippen LogP contribution >= 0.6 is 0 Å². The monoisotopic (exact) mass is 1170 g/mol. The van der Waals surface area contributed by atoms with Crippen molar-refractivity contribution in [3.8, 4) is 56.3 Å². The quantitative estimate of drug-likeness (QED) is 0.133. The molecule has 364 valence electrons. The molecule has 1 N–H and O–H groups in total. The third-order valence-electron chi connectivity index (χ3n) is 13.8. The SMILES string of the molecule is Cc1c(CC(C)(C)C)ccc2c1[se]c1c(-c3[c-]c(-c4cccc5c4nc(-c4cc(C(C)(C)C)cc(C(C)(C)C)c4O)n5-c4ccc(C(C)(C)C)cc4-c4ccccc4)cc(C(C)(C)C)c3)nccc12.[Pt]. The number of phenolic OH excluding ortho intramolecular Hbond substituents is 1. The Morgan fingerprint density at radius 3 is 1.86 bits per heavy atom.